The average molecular weight is 252 g/mol. The molecule has 1 fully saturated rings. The molecule has 0 bridgehead atoms. The molecule has 1 aliphatic rings. The van der Waals surface area contributed by atoms with E-state index in [-0.39, 0.29) is 18.4 Å². The lowest BCUT2D eigenvalue weighted by molar-refractivity contribution is -0.133. The molecule has 100 valence electrons. The summed E-state index contributed by atoms with van der Waals surface area (Å²) < 4.78 is 1.48. The largest absolute Gasteiger partial charge is 0.367 e. The van der Waals surface area contributed by atoms with Crippen LogP contribution in [0.3, 0.4) is 0 Å². The Hall–Kier alpha value is -1.63. The first-order valence-corrected chi connectivity index (χ1v) is 6.34. The van der Waals surface area contributed by atoms with E-state index in [1.165, 1.54) is 11.0 Å². The van der Waals surface area contributed by atoms with Crippen LogP contribution >= 0.6 is 0 Å². The van der Waals surface area contributed by atoms with E-state index in [1.807, 2.05) is 4.90 Å². The van der Waals surface area contributed by atoms with E-state index in [2.05, 4.69) is 21.9 Å². The third kappa shape index (κ3) is 3.19. The van der Waals surface area contributed by atoms with Crippen molar-refractivity contribution in [2.75, 3.05) is 38.5 Å². The normalized spacial score (nSPS) is 17.1. The maximum Gasteiger partial charge on any atom is 0.244 e. The highest BCUT2D eigenvalue weighted by atomic mass is 16.2. The summed E-state index contributed by atoms with van der Waals surface area (Å²) >= 11 is 0. The van der Waals surface area contributed by atoms with Crippen LogP contribution in [0.5, 0.6) is 0 Å². The van der Waals surface area contributed by atoms with Gasteiger partial charge < -0.3 is 10.6 Å². The second-order valence-corrected chi connectivity index (χ2v) is 4.52. The molecule has 18 heavy (non-hydrogen) atoms. The van der Waals surface area contributed by atoms with Crippen molar-refractivity contribution < 1.29 is 4.79 Å². The van der Waals surface area contributed by atoms with Crippen molar-refractivity contribution in [1.82, 2.24) is 24.6 Å². The minimum Gasteiger partial charge on any atom is -0.367 e. The first kappa shape index (κ1) is 12.8. The maximum absolute atomic E-state index is 12.0. The smallest absolute Gasteiger partial charge is 0.244 e. The Kier molecular flexibility index (Phi) is 4.14. The van der Waals surface area contributed by atoms with Gasteiger partial charge in [-0.3, -0.25) is 9.69 Å². The summed E-state index contributed by atoms with van der Waals surface area (Å²) in [5.74, 6) is 0.284. The first-order chi connectivity index (χ1) is 8.69. The van der Waals surface area contributed by atoms with Crippen molar-refractivity contribution in [1.29, 1.82) is 0 Å². The summed E-state index contributed by atoms with van der Waals surface area (Å²) in [5.41, 5.74) is 5.41. The molecule has 1 aromatic rings. The molecule has 1 aliphatic heterocycles. The van der Waals surface area contributed by atoms with Crippen LogP contribution in [0.2, 0.25) is 0 Å². The molecule has 7 heteroatoms. The Balaban J connectivity index is 1.80. The van der Waals surface area contributed by atoms with Crippen LogP contribution in [0.4, 0.5) is 5.95 Å². The second kappa shape index (κ2) is 5.81. The van der Waals surface area contributed by atoms with Crippen molar-refractivity contribution in [3.63, 3.8) is 0 Å². The number of piperazine rings is 1. The van der Waals surface area contributed by atoms with Crippen LogP contribution in [0, 0.1) is 0 Å². The Morgan fingerprint density at radius 1 is 1.39 bits per heavy atom. The van der Waals surface area contributed by atoms with E-state index in [9.17, 15) is 4.79 Å². The molecular formula is C11H20N6O. The summed E-state index contributed by atoms with van der Waals surface area (Å²) in [5, 5.41) is 3.92. The Morgan fingerprint density at radius 3 is 2.67 bits per heavy atom. The summed E-state index contributed by atoms with van der Waals surface area (Å²) in [4.78, 5) is 20.1. The number of rotatable bonds is 4. The van der Waals surface area contributed by atoms with Gasteiger partial charge in [0.15, 0.2) is 0 Å². The third-order valence-electron chi connectivity index (χ3n) is 3.12. The van der Waals surface area contributed by atoms with Crippen LogP contribution < -0.4 is 5.73 Å². The maximum atomic E-state index is 12.0. The van der Waals surface area contributed by atoms with Gasteiger partial charge in [0.25, 0.3) is 0 Å². The highest BCUT2D eigenvalue weighted by Gasteiger charge is 2.20. The number of nitrogen functional groups attached to an aromatic ring is 1. The molecule has 0 aliphatic carbocycles. The number of hydrogen-bond donors (Lipinski definition) is 1. The first-order valence-electron chi connectivity index (χ1n) is 6.34. The van der Waals surface area contributed by atoms with Gasteiger partial charge in [0.1, 0.15) is 12.9 Å². The standard InChI is InChI=1S/C11H20N6O/c1-2-3-15-4-6-16(7-5-15)10(18)8-17-9-13-11(12)14-17/h9H,2-8H2,1H3,(H2,12,14). The van der Waals surface area contributed by atoms with Gasteiger partial charge in [0.05, 0.1) is 0 Å². The third-order valence-corrected chi connectivity index (χ3v) is 3.12. The average Bonchev–Trinajstić information content (AvgIpc) is 2.76. The van der Waals surface area contributed by atoms with Gasteiger partial charge in [-0.05, 0) is 13.0 Å². The van der Waals surface area contributed by atoms with Gasteiger partial charge >= 0.3 is 0 Å². The van der Waals surface area contributed by atoms with E-state index < -0.39 is 0 Å². The van der Waals surface area contributed by atoms with E-state index >= 15 is 0 Å². The van der Waals surface area contributed by atoms with Gasteiger partial charge in [-0.2, -0.15) is 0 Å². The van der Waals surface area contributed by atoms with Crippen LogP contribution in [0.15, 0.2) is 6.33 Å². The highest BCUT2D eigenvalue weighted by Crippen LogP contribution is 2.04. The summed E-state index contributed by atoms with van der Waals surface area (Å²) in [6, 6.07) is 0. The van der Waals surface area contributed by atoms with Gasteiger partial charge in [0, 0.05) is 26.2 Å². The second-order valence-electron chi connectivity index (χ2n) is 4.52. The SMILES string of the molecule is CCCN1CCN(C(=O)Cn2cnc(N)n2)CC1. The lowest BCUT2D eigenvalue weighted by atomic mass is 10.3. The molecule has 7 nitrogen and oxygen atoms in total. The lowest BCUT2D eigenvalue weighted by Gasteiger charge is -2.34. The molecule has 0 aromatic carbocycles. The molecule has 2 heterocycles. The Morgan fingerprint density at radius 2 is 2.11 bits per heavy atom. The molecule has 1 aromatic heterocycles. The quantitative estimate of drug-likeness (QED) is 0.775. The van der Waals surface area contributed by atoms with Gasteiger partial charge in [-0.25, -0.2) is 9.67 Å². The number of carbonyl (C=O) groups is 1. The monoisotopic (exact) mass is 252 g/mol. The minimum atomic E-state index is 0.0797. The van der Waals surface area contributed by atoms with Crippen molar-refractivity contribution in [3.05, 3.63) is 6.33 Å². The molecule has 0 radical (unpaired) electrons. The summed E-state index contributed by atoms with van der Waals surface area (Å²) in [7, 11) is 0. The molecule has 1 saturated heterocycles. The number of anilines is 1. The van der Waals surface area contributed by atoms with Crippen molar-refractivity contribution in [3.8, 4) is 0 Å². The number of amides is 1. The van der Waals surface area contributed by atoms with Crippen molar-refractivity contribution in [2.24, 2.45) is 0 Å². The lowest BCUT2D eigenvalue weighted by Crippen LogP contribution is -2.49. The van der Waals surface area contributed by atoms with Crippen LogP contribution in [0.25, 0.3) is 0 Å². The number of aromatic nitrogens is 3. The fourth-order valence-corrected chi connectivity index (χ4v) is 2.16. The highest BCUT2D eigenvalue weighted by molar-refractivity contribution is 5.76. The zero-order valence-corrected chi connectivity index (χ0v) is 10.7. The Bertz CT molecular complexity index is 396. The molecule has 0 spiro atoms. The molecular weight excluding hydrogens is 232 g/mol. The molecule has 2 N–H and O–H groups in total. The van der Waals surface area contributed by atoms with E-state index in [0.717, 1.165) is 39.1 Å². The summed E-state index contributed by atoms with van der Waals surface area (Å²) in [6.45, 7) is 7.01. The van der Waals surface area contributed by atoms with Gasteiger partial charge in [-0.1, -0.05) is 6.92 Å². The fourth-order valence-electron chi connectivity index (χ4n) is 2.16. The predicted molar refractivity (Wildman–Crippen MR) is 67.7 cm³/mol. The van der Waals surface area contributed by atoms with Crippen molar-refractivity contribution in [2.45, 2.75) is 19.9 Å². The van der Waals surface area contributed by atoms with Crippen molar-refractivity contribution >= 4 is 11.9 Å². The molecule has 0 atom stereocenters. The number of nitrogens with zero attached hydrogens (tertiary/aromatic N) is 5. The fraction of sp³-hybridized carbons (Fsp3) is 0.727. The van der Waals surface area contributed by atoms with Crippen LogP contribution in [-0.4, -0.2) is 63.2 Å². The number of hydrogen-bond acceptors (Lipinski definition) is 5. The van der Waals surface area contributed by atoms with Gasteiger partial charge in [0.2, 0.25) is 11.9 Å². The van der Waals surface area contributed by atoms with Crippen LogP contribution in [-0.2, 0) is 11.3 Å². The molecule has 1 amide bonds. The number of carbonyl (C=O) groups excluding carboxylic acids is 1. The zero-order chi connectivity index (χ0) is 13.0. The van der Waals surface area contributed by atoms with E-state index in [0.29, 0.717) is 0 Å². The van der Waals surface area contributed by atoms with E-state index in [1.54, 1.807) is 0 Å². The van der Waals surface area contributed by atoms with E-state index in [4.69, 9.17) is 5.73 Å². The molecule has 0 unspecified atom stereocenters. The number of nitrogens with two attached hydrogens (primary N) is 1. The zero-order valence-electron chi connectivity index (χ0n) is 10.7. The molecule has 0 saturated carbocycles. The predicted octanol–water partition coefficient (Wildman–Crippen LogP) is -0.585. The summed E-state index contributed by atoms with van der Waals surface area (Å²) in [6.07, 6.45) is 2.65. The topological polar surface area (TPSA) is 80.3 Å². The van der Waals surface area contributed by atoms with Gasteiger partial charge in [-0.15, -0.1) is 5.10 Å². The Labute approximate surface area is 107 Å². The minimum absolute atomic E-state index is 0.0797. The van der Waals surface area contributed by atoms with Crippen LogP contribution in [0.1, 0.15) is 13.3 Å². The molecule has 2 rings (SSSR count).